The Hall–Kier alpha value is -1.37. The average Bonchev–Trinajstić information content (AvgIpc) is 3.13. The number of nitrogens with one attached hydrogen (secondary N) is 1. The molecule has 1 aromatic rings. The molecule has 22 heavy (non-hydrogen) atoms. The van der Waals surface area contributed by atoms with Gasteiger partial charge in [-0.05, 0) is 18.6 Å². The van der Waals surface area contributed by atoms with Crippen LogP contribution >= 0.6 is 11.6 Å². The molecule has 2 aliphatic rings. The van der Waals surface area contributed by atoms with Crippen molar-refractivity contribution in [3.63, 3.8) is 0 Å². The first-order valence-corrected chi connectivity index (χ1v) is 7.71. The number of urea groups is 1. The lowest BCUT2D eigenvalue weighted by molar-refractivity contribution is -0.143. The van der Waals surface area contributed by atoms with Gasteiger partial charge in [-0.3, -0.25) is 0 Å². The van der Waals surface area contributed by atoms with Crippen molar-refractivity contribution in [2.24, 2.45) is 0 Å². The van der Waals surface area contributed by atoms with Crippen LogP contribution in [0, 0.1) is 5.82 Å². The quantitative estimate of drug-likeness (QED) is 0.925. The van der Waals surface area contributed by atoms with E-state index in [-0.39, 0.29) is 11.8 Å². The molecular formula is C15H18ClFN2O3. The highest BCUT2D eigenvalue weighted by molar-refractivity contribution is 6.31. The Kier molecular flexibility index (Phi) is 4.52. The van der Waals surface area contributed by atoms with Crippen molar-refractivity contribution in [2.75, 3.05) is 32.8 Å². The molecule has 0 saturated carbocycles. The molecule has 0 aliphatic carbocycles. The van der Waals surface area contributed by atoms with E-state index in [1.807, 2.05) is 0 Å². The largest absolute Gasteiger partial charge is 0.346 e. The zero-order valence-corrected chi connectivity index (χ0v) is 12.9. The van der Waals surface area contributed by atoms with Crippen molar-refractivity contribution < 1.29 is 18.7 Å². The van der Waals surface area contributed by atoms with Crippen molar-refractivity contribution in [3.8, 4) is 0 Å². The van der Waals surface area contributed by atoms with Gasteiger partial charge in [0.25, 0.3) is 0 Å². The summed E-state index contributed by atoms with van der Waals surface area (Å²) in [7, 11) is 0. The SMILES string of the molecule is O=C(NCCc1c(F)cccc1Cl)N1CCC2(C1)OCCO2. The van der Waals surface area contributed by atoms with Crippen LogP contribution < -0.4 is 5.32 Å². The molecule has 1 aromatic carbocycles. The van der Waals surface area contributed by atoms with E-state index >= 15 is 0 Å². The van der Waals surface area contributed by atoms with Gasteiger partial charge in [-0.15, -0.1) is 0 Å². The van der Waals surface area contributed by atoms with E-state index < -0.39 is 5.79 Å². The van der Waals surface area contributed by atoms with Crippen LogP contribution in [0.5, 0.6) is 0 Å². The van der Waals surface area contributed by atoms with Crippen molar-refractivity contribution >= 4 is 17.6 Å². The smallest absolute Gasteiger partial charge is 0.317 e. The van der Waals surface area contributed by atoms with E-state index in [4.69, 9.17) is 21.1 Å². The number of hydrogen-bond donors (Lipinski definition) is 1. The number of halogens is 2. The fourth-order valence-electron chi connectivity index (χ4n) is 2.84. The average molecular weight is 329 g/mol. The number of ether oxygens (including phenoxy) is 2. The number of nitrogens with zero attached hydrogens (tertiary/aromatic N) is 1. The predicted molar refractivity (Wildman–Crippen MR) is 79.3 cm³/mol. The van der Waals surface area contributed by atoms with Gasteiger partial charge in [-0.2, -0.15) is 0 Å². The molecule has 1 N–H and O–H groups in total. The van der Waals surface area contributed by atoms with Crippen LogP contribution in [0.2, 0.25) is 5.02 Å². The van der Waals surface area contributed by atoms with Crippen molar-refractivity contribution in [1.82, 2.24) is 10.2 Å². The van der Waals surface area contributed by atoms with E-state index in [1.54, 1.807) is 17.0 Å². The molecule has 5 nitrogen and oxygen atoms in total. The minimum absolute atomic E-state index is 0.191. The van der Waals surface area contributed by atoms with Crippen LogP contribution in [0.25, 0.3) is 0 Å². The molecule has 0 unspecified atom stereocenters. The standard InChI is InChI=1S/C15H18ClFN2O3/c16-12-2-1-3-13(17)11(12)4-6-18-14(20)19-7-5-15(10-19)21-8-9-22-15/h1-3H,4-10H2,(H,18,20). The van der Waals surface area contributed by atoms with Crippen LogP contribution in [-0.2, 0) is 15.9 Å². The number of rotatable bonds is 3. The van der Waals surface area contributed by atoms with Crippen molar-refractivity contribution in [3.05, 3.63) is 34.6 Å². The Labute approximate surface area is 133 Å². The van der Waals surface area contributed by atoms with Gasteiger partial charge in [0.05, 0.1) is 19.8 Å². The monoisotopic (exact) mass is 328 g/mol. The lowest BCUT2D eigenvalue weighted by Crippen LogP contribution is -2.42. The Balaban J connectivity index is 1.49. The van der Waals surface area contributed by atoms with Crippen LogP contribution in [0.15, 0.2) is 18.2 Å². The molecule has 120 valence electrons. The van der Waals surface area contributed by atoms with E-state index in [0.29, 0.717) is 56.3 Å². The number of amides is 2. The number of benzene rings is 1. The fraction of sp³-hybridized carbons (Fsp3) is 0.533. The maximum atomic E-state index is 13.6. The zero-order valence-electron chi connectivity index (χ0n) is 12.1. The highest BCUT2D eigenvalue weighted by atomic mass is 35.5. The molecular weight excluding hydrogens is 311 g/mol. The van der Waals surface area contributed by atoms with Gasteiger partial charge in [0, 0.05) is 30.1 Å². The van der Waals surface area contributed by atoms with Crippen molar-refractivity contribution in [1.29, 1.82) is 0 Å². The summed E-state index contributed by atoms with van der Waals surface area (Å²) in [5, 5.41) is 3.16. The fourth-order valence-corrected chi connectivity index (χ4v) is 3.10. The third-order valence-corrected chi connectivity index (χ3v) is 4.36. The summed E-state index contributed by atoms with van der Waals surface area (Å²) in [4.78, 5) is 13.8. The second-order valence-corrected chi connectivity index (χ2v) is 5.87. The maximum absolute atomic E-state index is 13.6. The third-order valence-electron chi connectivity index (χ3n) is 4.01. The van der Waals surface area contributed by atoms with Crippen molar-refractivity contribution in [2.45, 2.75) is 18.6 Å². The highest BCUT2D eigenvalue weighted by Gasteiger charge is 2.44. The summed E-state index contributed by atoms with van der Waals surface area (Å²) >= 11 is 5.96. The van der Waals surface area contributed by atoms with E-state index in [0.717, 1.165) is 0 Å². The second-order valence-electron chi connectivity index (χ2n) is 5.46. The van der Waals surface area contributed by atoms with Gasteiger partial charge >= 0.3 is 6.03 Å². The molecule has 2 amide bonds. The zero-order chi connectivity index (χ0) is 15.6. The summed E-state index contributed by atoms with van der Waals surface area (Å²) in [5.74, 6) is -0.971. The molecule has 0 radical (unpaired) electrons. The van der Waals surface area contributed by atoms with Crippen LogP contribution in [0.4, 0.5) is 9.18 Å². The molecule has 2 aliphatic heterocycles. The van der Waals surface area contributed by atoms with E-state index in [1.165, 1.54) is 6.07 Å². The number of likely N-dealkylation sites (tertiary alicyclic amines) is 1. The van der Waals surface area contributed by atoms with Gasteiger partial charge in [0.15, 0.2) is 5.79 Å². The normalized spacial score (nSPS) is 19.8. The molecule has 2 fully saturated rings. The Morgan fingerprint density at radius 2 is 2.18 bits per heavy atom. The first-order valence-electron chi connectivity index (χ1n) is 7.33. The Morgan fingerprint density at radius 1 is 1.41 bits per heavy atom. The topological polar surface area (TPSA) is 50.8 Å². The van der Waals surface area contributed by atoms with Gasteiger partial charge < -0.3 is 19.7 Å². The van der Waals surface area contributed by atoms with E-state index in [9.17, 15) is 9.18 Å². The van der Waals surface area contributed by atoms with Crippen LogP contribution in [0.1, 0.15) is 12.0 Å². The van der Waals surface area contributed by atoms with Gasteiger partial charge in [-0.25, -0.2) is 9.18 Å². The lowest BCUT2D eigenvalue weighted by Gasteiger charge is -2.22. The first-order chi connectivity index (χ1) is 10.6. The van der Waals surface area contributed by atoms with Crippen LogP contribution in [0.3, 0.4) is 0 Å². The third kappa shape index (κ3) is 3.19. The Bertz CT molecular complexity index is 543. The number of carbonyl (C=O) groups is 1. The minimum atomic E-state index is -0.619. The lowest BCUT2D eigenvalue weighted by atomic mass is 10.1. The molecule has 7 heteroatoms. The van der Waals surface area contributed by atoms with E-state index in [2.05, 4.69) is 5.32 Å². The molecule has 1 spiro atoms. The second kappa shape index (κ2) is 6.40. The minimum Gasteiger partial charge on any atom is -0.346 e. The summed E-state index contributed by atoms with van der Waals surface area (Å²) in [6, 6.07) is 4.37. The summed E-state index contributed by atoms with van der Waals surface area (Å²) in [6.07, 6.45) is 1.03. The number of carbonyl (C=O) groups excluding carboxylic acids is 1. The maximum Gasteiger partial charge on any atom is 0.317 e. The highest BCUT2D eigenvalue weighted by Crippen LogP contribution is 2.30. The molecule has 3 rings (SSSR count). The predicted octanol–water partition coefficient (Wildman–Crippen LogP) is 2.18. The summed E-state index contributed by atoms with van der Waals surface area (Å²) in [5.41, 5.74) is 0.421. The summed E-state index contributed by atoms with van der Waals surface area (Å²) in [6.45, 7) is 2.48. The number of hydrogen-bond acceptors (Lipinski definition) is 3. The first kappa shape index (κ1) is 15.5. The summed E-state index contributed by atoms with van der Waals surface area (Å²) < 4.78 is 24.8. The Morgan fingerprint density at radius 3 is 2.91 bits per heavy atom. The van der Waals surface area contributed by atoms with Crippen LogP contribution in [-0.4, -0.2) is 49.6 Å². The molecule has 2 saturated heterocycles. The van der Waals surface area contributed by atoms with Gasteiger partial charge in [0.2, 0.25) is 0 Å². The molecule has 2 heterocycles. The molecule has 0 bridgehead atoms. The van der Waals surface area contributed by atoms with Gasteiger partial charge in [-0.1, -0.05) is 17.7 Å². The molecule has 0 atom stereocenters. The van der Waals surface area contributed by atoms with Gasteiger partial charge in [0.1, 0.15) is 5.82 Å². The molecule has 0 aromatic heterocycles.